The van der Waals surface area contributed by atoms with Crippen molar-refractivity contribution >= 4 is 59.4 Å². The fraction of sp³-hybridized carbons (Fsp3) is 0.250. The summed E-state index contributed by atoms with van der Waals surface area (Å²) in [6.45, 7) is 0. The van der Waals surface area contributed by atoms with Crippen LogP contribution >= 0.6 is 59.4 Å². The van der Waals surface area contributed by atoms with Gasteiger partial charge in [0, 0.05) is 16.8 Å². The van der Waals surface area contributed by atoms with E-state index in [1.807, 2.05) is 30.3 Å². The van der Waals surface area contributed by atoms with E-state index in [1.165, 1.54) is 5.56 Å². The molecule has 0 heterocycles. The van der Waals surface area contributed by atoms with Crippen LogP contribution in [0.15, 0.2) is 46.9 Å². The summed E-state index contributed by atoms with van der Waals surface area (Å²) in [5.74, 6) is -0.570. The molecule has 4 heteroatoms. The molecule has 1 aliphatic carbocycles. The average Bonchev–Trinajstić information content (AvgIpc) is 2.95. The molecule has 0 nitrogen and oxygen atoms in total. The molecule has 1 unspecified atom stereocenters. The second-order valence-electron chi connectivity index (χ2n) is 4.97. The molecule has 0 N–H and O–H groups in total. The number of benzene rings is 2. The minimum atomic E-state index is -0.570. The molecule has 0 spiro atoms. The fourth-order valence-electron chi connectivity index (χ4n) is 2.21. The lowest BCUT2D eigenvalue weighted by Crippen LogP contribution is -1.92. The van der Waals surface area contributed by atoms with Crippen molar-refractivity contribution in [1.82, 2.24) is 0 Å². The average molecular weight is 480 g/mol. The van der Waals surface area contributed by atoms with Crippen LogP contribution < -0.4 is 0 Å². The molecule has 0 radical (unpaired) electrons. The van der Waals surface area contributed by atoms with E-state index in [0.29, 0.717) is 0 Å². The summed E-state index contributed by atoms with van der Waals surface area (Å²) in [4.78, 5) is 0. The number of rotatable bonds is 3. The lowest BCUT2D eigenvalue weighted by atomic mass is 10.0. The molecule has 1 saturated carbocycles. The van der Waals surface area contributed by atoms with Crippen LogP contribution in [0.1, 0.15) is 30.4 Å². The molecule has 2 aromatic carbocycles. The van der Waals surface area contributed by atoms with Crippen LogP contribution in [0, 0.1) is 0 Å². The molecule has 0 aliphatic heterocycles. The second-order valence-corrected chi connectivity index (χ2v) is 10.1. The highest BCUT2D eigenvalue weighted by atomic mass is 79.9. The van der Waals surface area contributed by atoms with Crippen molar-refractivity contribution in [3.05, 3.63) is 68.7 Å². The monoisotopic (exact) mass is 477 g/mol. The molecule has 1 aliphatic rings. The van der Waals surface area contributed by atoms with Crippen LogP contribution in [-0.4, -0.2) is 3.23 Å². The van der Waals surface area contributed by atoms with Gasteiger partial charge in [-0.3, -0.25) is 0 Å². The Hall–Kier alpha value is 0.170. The zero-order chi connectivity index (χ0) is 15.3. The van der Waals surface area contributed by atoms with Gasteiger partial charge in [-0.2, -0.15) is 0 Å². The zero-order valence-corrected chi connectivity index (χ0v) is 16.0. The Bertz CT molecular complexity index is 684. The van der Waals surface area contributed by atoms with Gasteiger partial charge in [0.25, 0.3) is 0 Å². The maximum atomic E-state index is 8.42. The van der Waals surface area contributed by atoms with E-state index in [-0.39, 0.29) is 3.23 Å². The predicted molar refractivity (Wildman–Crippen MR) is 96.3 cm³/mol. The molecule has 0 bridgehead atoms. The molecule has 104 valence electrons. The van der Waals surface area contributed by atoms with Crippen LogP contribution in [0.2, 0.25) is 5.02 Å². The van der Waals surface area contributed by atoms with E-state index >= 15 is 0 Å². The Morgan fingerprint density at radius 2 is 1.85 bits per heavy atom. The molecular formula is C16H12Br3Cl. The fourth-order valence-corrected chi connectivity index (χ4v) is 3.82. The van der Waals surface area contributed by atoms with Crippen LogP contribution in [0.4, 0.5) is 0 Å². The first kappa shape index (κ1) is 13.8. The van der Waals surface area contributed by atoms with Crippen molar-refractivity contribution < 1.29 is 1.37 Å². The third-order valence-corrected chi connectivity index (χ3v) is 5.80. The molecule has 0 saturated heterocycles. The molecular weight excluding hydrogens is 467 g/mol. The molecule has 0 amide bonds. The highest BCUT2D eigenvalue weighted by Gasteiger charge is 2.50. The van der Waals surface area contributed by atoms with Crippen molar-refractivity contribution in [1.29, 1.82) is 0 Å². The van der Waals surface area contributed by atoms with Gasteiger partial charge in [0.1, 0.15) is 0 Å². The third-order valence-electron chi connectivity index (χ3n) is 3.42. The van der Waals surface area contributed by atoms with Gasteiger partial charge in [-0.1, -0.05) is 83.7 Å². The van der Waals surface area contributed by atoms with E-state index in [0.717, 1.165) is 33.5 Å². The molecule has 2 aromatic rings. The summed E-state index contributed by atoms with van der Waals surface area (Å²) >= 11 is 16.8. The Morgan fingerprint density at radius 3 is 2.45 bits per heavy atom. The highest BCUT2D eigenvalue weighted by molar-refractivity contribution is 9.25. The molecule has 20 heavy (non-hydrogen) atoms. The lowest BCUT2D eigenvalue weighted by molar-refractivity contribution is 1.11. The van der Waals surface area contributed by atoms with Gasteiger partial charge in [-0.05, 0) is 47.7 Å². The second kappa shape index (κ2) is 5.75. The first-order chi connectivity index (χ1) is 9.82. The predicted octanol–water partition coefficient (Wildman–Crippen LogP) is 6.67. The quantitative estimate of drug-likeness (QED) is 0.431. The Labute approximate surface area is 150 Å². The van der Waals surface area contributed by atoms with Gasteiger partial charge < -0.3 is 0 Å². The van der Waals surface area contributed by atoms with E-state index in [2.05, 4.69) is 59.9 Å². The van der Waals surface area contributed by atoms with Crippen molar-refractivity contribution in [2.45, 2.75) is 22.0 Å². The Morgan fingerprint density at radius 1 is 1.20 bits per heavy atom. The van der Waals surface area contributed by atoms with Gasteiger partial charge in [0.2, 0.25) is 0 Å². The van der Waals surface area contributed by atoms with Crippen molar-refractivity contribution in [2.24, 2.45) is 0 Å². The van der Waals surface area contributed by atoms with Crippen molar-refractivity contribution in [3.8, 4) is 0 Å². The maximum Gasteiger partial charge on any atom is 0.0881 e. The summed E-state index contributed by atoms with van der Waals surface area (Å²) in [5, 5.41) is 0.779. The van der Waals surface area contributed by atoms with E-state index in [4.69, 9.17) is 13.0 Å². The van der Waals surface area contributed by atoms with Crippen molar-refractivity contribution in [2.75, 3.05) is 0 Å². The minimum Gasteiger partial charge on any atom is -0.0840 e. The summed E-state index contributed by atoms with van der Waals surface area (Å²) in [5.41, 5.74) is 3.32. The van der Waals surface area contributed by atoms with Gasteiger partial charge >= 0.3 is 0 Å². The topological polar surface area (TPSA) is 0 Å². The summed E-state index contributed by atoms with van der Waals surface area (Å²) in [7, 11) is 0. The number of alkyl halides is 2. The molecule has 3 rings (SSSR count). The standard InChI is InChI=1S/C16H12Br3Cl/c17-13-5-6-15(20)12(8-13)7-10-1-3-11(4-2-10)14-9-16(14,18)19/h1-6,8,14H,7,9H2/i14D. The van der Waals surface area contributed by atoms with Gasteiger partial charge in [-0.15, -0.1) is 0 Å². The maximum absolute atomic E-state index is 8.42. The summed E-state index contributed by atoms with van der Waals surface area (Å²) < 4.78 is 9.18. The Kier molecular flexibility index (Phi) is 3.97. The number of hydrogen-bond donors (Lipinski definition) is 0. The van der Waals surface area contributed by atoms with Crippen molar-refractivity contribution in [3.63, 3.8) is 0 Å². The van der Waals surface area contributed by atoms with E-state index in [9.17, 15) is 0 Å². The van der Waals surface area contributed by atoms with E-state index < -0.39 is 5.89 Å². The van der Waals surface area contributed by atoms with Crippen LogP contribution in [0.3, 0.4) is 0 Å². The molecule has 1 atom stereocenters. The lowest BCUT2D eigenvalue weighted by Gasteiger charge is -2.07. The van der Waals surface area contributed by atoms with Gasteiger partial charge in [0.15, 0.2) is 0 Å². The third kappa shape index (κ3) is 3.32. The van der Waals surface area contributed by atoms with Crippen LogP contribution in [-0.2, 0) is 6.42 Å². The van der Waals surface area contributed by atoms with Gasteiger partial charge in [0.05, 0.1) is 3.23 Å². The SMILES string of the molecule is [2H]C1(c2ccc(Cc3cc(Br)ccc3Cl)cc2)CC1(Br)Br. The van der Waals surface area contributed by atoms with Crippen LogP contribution in [0.5, 0.6) is 0 Å². The smallest absolute Gasteiger partial charge is 0.0840 e. The van der Waals surface area contributed by atoms with Crippen LogP contribution in [0.25, 0.3) is 0 Å². The minimum absolute atomic E-state index is 0.276. The summed E-state index contributed by atoms with van der Waals surface area (Å²) in [6, 6.07) is 14.1. The molecule has 1 fully saturated rings. The number of halogens is 4. The van der Waals surface area contributed by atoms with Gasteiger partial charge in [-0.25, -0.2) is 0 Å². The molecule has 0 aromatic heterocycles. The summed E-state index contributed by atoms with van der Waals surface area (Å²) in [6.07, 6.45) is 1.56. The largest absolute Gasteiger partial charge is 0.0881 e. The zero-order valence-electron chi connectivity index (χ0n) is 11.5. The first-order valence-electron chi connectivity index (χ1n) is 6.73. The first-order valence-corrected chi connectivity index (χ1v) is 8.99. The number of hydrogen-bond acceptors (Lipinski definition) is 0. The Balaban J connectivity index is 1.81. The normalized spacial score (nSPS) is 24.3. The van der Waals surface area contributed by atoms with E-state index in [1.54, 1.807) is 0 Å². The highest BCUT2D eigenvalue weighted by Crippen LogP contribution is 2.62.